The molecule has 94 valence electrons. The van der Waals surface area contributed by atoms with E-state index in [1.165, 1.54) is 12.4 Å². The van der Waals surface area contributed by atoms with Crippen LogP contribution in [0.2, 0.25) is 0 Å². The number of hydrogen-bond acceptors (Lipinski definition) is 6. The summed E-state index contributed by atoms with van der Waals surface area (Å²) in [5, 5.41) is 8.49. The summed E-state index contributed by atoms with van der Waals surface area (Å²) in [4.78, 5) is 18.7. The molecule has 8 heteroatoms. The molecule has 0 aliphatic heterocycles. The molecule has 2 aromatic heterocycles. The van der Waals surface area contributed by atoms with E-state index >= 15 is 0 Å². The third kappa shape index (κ3) is 2.54. The quantitative estimate of drug-likeness (QED) is 0.671. The molecule has 0 spiro atoms. The number of carboxylic acids is 1. The zero-order chi connectivity index (χ0) is 13.3. The number of aromatic nitrogens is 2. The van der Waals surface area contributed by atoms with Gasteiger partial charge in [-0.25, -0.2) is 23.2 Å². The van der Waals surface area contributed by atoms with E-state index in [9.17, 15) is 13.2 Å². The van der Waals surface area contributed by atoms with Crippen LogP contribution in [0.4, 0.5) is 0 Å². The van der Waals surface area contributed by atoms with E-state index in [2.05, 4.69) is 9.97 Å². The molecule has 18 heavy (non-hydrogen) atoms. The normalized spacial score (nSPS) is 12.3. The van der Waals surface area contributed by atoms with Crippen LogP contribution in [0.5, 0.6) is 0 Å². The predicted octanol–water partition coefficient (Wildman–Crippen LogP) is 1.19. The first-order valence-corrected chi connectivity index (χ1v) is 7.44. The van der Waals surface area contributed by atoms with Gasteiger partial charge in [0.1, 0.15) is 6.33 Å². The van der Waals surface area contributed by atoms with Gasteiger partial charge in [-0.2, -0.15) is 0 Å². The van der Waals surface area contributed by atoms with Gasteiger partial charge in [-0.15, -0.1) is 11.3 Å². The summed E-state index contributed by atoms with van der Waals surface area (Å²) in [5.41, 5.74) is 0.487. The molecular formula is C10H8N2O4S2. The number of hydrogen-bond donors (Lipinski definition) is 1. The Balaban J connectivity index is 2.62. The second-order valence-corrected chi connectivity index (χ2v) is 6.50. The Morgan fingerprint density at radius 1 is 1.44 bits per heavy atom. The van der Waals surface area contributed by atoms with Crippen LogP contribution in [0, 0.1) is 0 Å². The summed E-state index contributed by atoms with van der Waals surface area (Å²) in [5.74, 6) is -1.07. The van der Waals surface area contributed by atoms with Crippen LogP contribution in [-0.2, 0) is 14.6 Å². The molecule has 0 aromatic carbocycles. The lowest BCUT2D eigenvalue weighted by Crippen LogP contribution is -2.00. The zero-order valence-corrected chi connectivity index (χ0v) is 10.8. The van der Waals surface area contributed by atoms with Crippen molar-refractivity contribution in [2.45, 2.75) is 5.03 Å². The average molecular weight is 284 g/mol. The van der Waals surface area contributed by atoms with Gasteiger partial charge in [-0.1, -0.05) is 0 Å². The smallest absolute Gasteiger partial charge is 0.328 e. The molecule has 2 aromatic rings. The fourth-order valence-electron chi connectivity index (χ4n) is 1.35. The monoisotopic (exact) mass is 284 g/mol. The van der Waals surface area contributed by atoms with Crippen molar-refractivity contribution in [2.75, 3.05) is 6.26 Å². The maximum absolute atomic E-state index is 11.5. The maximum atomic E-state index is 11.5. The Labute approximate surface area is 107 Å². The molecule has 0 bridgehead atoms. The fraction of sp³-hybridized carbons (Fsp3) is 0.100. The highest BCUT2D eigenvalue weighted by atomic mass is 32.2. The van der Waals surface area contributed by atoms with Crippen molar-refractivity contribution in [3.8, 4) is 0 Å². The fourth-order valence-corrected chi connectivity index (χ4v) is 3.51. The standard InChI is InChI=1S/C10H8N2O4S2/c1-18(15,16)10-9-7(11-5-12-10)4-6(17-9)2-3-8(13)14/h2-5H,1H3,(H,13,14). The van der Waals surface area contributed by atoms with Crippen molar-refractivity contribution >= 4 is 43.4 Å². The average Bonchev–Trinajstić information content (AvgIpc) is 2.66. The van der Waals surface area contributed by atoms with E-state index in [1.807, 2.05) is 0 Å². The maximum Gasteiger partial charge on any atom is 0.328 e. The van der Waals surface area contributed by atoms with E-state index in [0.29, 0.717) is 15.1 Å². The predicted molar refractivity (Wildman–Crippen MR) is 67.2 cm³/mol. The Bertz CT molecular complexity index is 746. The van der Waals surface area contributed by atoms with Crippen molar-refractivity contribution in [3.05, 3.63) is 23.3 Å². The van der Waals surface area contributed by atoms with Gasteiger partial charge in [0, 0.05) is 17.2 Å². The van der Waals surface area contributed by atoms with Gasteiger partial charge in [0.05, 0.1) is 10.2 Å². The van der Waals surface area contributed by atoms with Crippen molar-refractivity contribution in [1.82, 2.24) is 9.97 Å². The number of carboxylic acid groups (broad SMARTS) is 1. The number of rotatable bonds is 3. The number of nitrogens with zero attached hydrogens (tertiary/aromatic N) is 2. The van der Waals surface area contributed by atoms with Gasteiger partial charge in [0.15, 0.2) is 14.9 Å². The molecule has 0 radical (unpaired) electrons. The molecule has 2 heterocycles. The Kier molecular flexibility index (Phi) is 3.14. The molecule has 0 saturated carbocycles. The van der Waals surface area contributed by atoms with Crippen molar-refractivity contribution in [1.29, 1.82) is 0 Å². The van der Waals surface area contributed by atoms with Crippen LogP contribution in [0.1, 0.15) is 4.88 Å². The van der Waals surface area contributed by atoms with Gasteiger partial charge in [0.2, 0.25) is 0 Å². The molecule has 6 nitrogen and oxygen atoms in total. The van der Waals surface area contributed by atoms with Crippen LogP contribution in [0.15, 0.2) is 23.5 Å². The van der Waals surface area contributed by atoms with Gasteiger partial charge in [0.25, 0.3) is 0 Å². The highest BCUT2D eigenvalue weighted by Crippen LogP contribution is 2.29. The van der Waals surface area contributed by atoms with Crippen LogP contribution >= 0.6 is 11.3 Å². The molecule has 0 unspecified atom stereocenters. The van der Waals surface area contributed by atoms with Crippen LogP contribution < -0.4 is 0 Å². The summed E-state index contributed by atoms with van der Waals surface area (Å²) in [6.07, 6.45) is 4.62. The van der Waals surface area contributed by atoms with Gasteiger partial charge < -0.3 is 5.11 Å². The topological polar surface area (TPSA) is 97.2 Å². The van der Waals surface area contributed by atoms with Crippen LogP contribution in [0.25, 0.3) is 16.3 Å². The molecule has 0 aliphatic rings. The molecule has 0 aliphatic carbocycles. The second kappa shape index (κ2) is 4.46. The van der Waals surface area contributed by atoms with Crippen molar-refractivity contribution in [3.63, 3.8) is 0 Å². The third-order valence-corrected chi connectivity index (χ3v) is 4.28. The summed E-state index contributed by atoms with van der Waals surface area (Å²) in [6, 6.07) is 1.62. The highest BCUT2D eigenvalue weighted by molar-refractivity contribution is 7.91. The van der Waals surface area contributed by atoms with Crippen LogP contribution in [0.3, 0.4) is 0 Å². The summed E-state index contributed by atoms with van der Waals surface area (Å²) in [6.45, 7) is 0. The molecular weight excluding hydrogens is 276 g/mol. The molecule has 0 atom stereocenters. The number of fused-ring (bicyclic) bond motifs is 1. The summed E-state index contributed by atoms with van der Waals surface area (Å²) < 4.78 is 23.5. The minimum atomic E-state index is -3.43. The minimum Gasteiger partial charge on any atom is -0.478 e. The first-order valence-electron chi connectivity index (χ1n) is 4.73. The second-order valence-electron chi connectivity index (χ2n) is 3.49. The number of thiophene rings is 1. The molecule has 0 fully saturated rings. The van der Waals surface area contributed by atoms with E-state index in [4.69, 9.17) is 5.11 Å². The van der Waals surface area contributed by atoms with Crippen LogP contribution in [-0.4, -0.2) is 35.7 Å². The largest absolute Gasteiger partial charge is 0.478 e. The first kappa shape index (κ1) is 12.7. The SMILES string of the molecule is CS(=O)(=O)c1ncnc2cc(C=CC(=O)O)sc12. The van der Waals surface area contributed by atoms with E-state index in [-0.39, 0.29) is 5.03 Å². The van der Waals surface area contributed by atoms with Gasteiger partial charge >= 0.3 is 5.97 Å². The molecule has 0 saturated heterocycles. The molecule has 2 rings (SSSR count). The number of aliphatic carboxylic acids is 1. The Morgan fingerprint density at radius 2 is 2.17 bits per heavy atom. The van der Waals surface area contributed by atoms with Crippen molar-refractivity contribution < 1.29 is 18.3 Å². The first-order chi connectivity index (χ1) is 8.38. The third-order valence-electron chi connectivity index (χ3n) is 2.04. The summed E-state index contributed by atoms with van der Waals surface area (Å²) >= 11 is 1.14. The number of carbonyl (C=O) groups is 1. The zero-order valence-electron chi connectivity index (χ0n) is 9.19. The van der Waals surface area contributed by atoms with Crippen molar-refractivity contribution in [2.24, 2.45) is 0 Å². The molecule has 1 N–H and O–H groups in total. The van der Waals surface area contributed by atoms with Gasteiger partial charge in [-0.3, -0.25) is 0 Å². The Morgan fingerprint density at radius 3 is 2.78 bits per heavy atom. The summed E-state index contributed by atoms with van der Waals surface area (Å²) in [7, 11) is -3.43. The molecule has 0 amide bonds. The highest BCUT2D eigenvalue weighted by Gasteiger charge is 2.16. The minimum absolute atomic E-state index is 0.0347. The Hall–Kier alpha value is -1.80. The van der Waals surface area contributed by atoms with E-state index < -0.39 is 15.8 Å². The lowest BCUT2D eigenvalue weighted by Gasteiger charge is -1.96. The lowest BCUT2D eigenvalue weighted by molar-refractivity contribution is -0.131. The number of sulfone groups is 1. The van der Waals surface area contributed by atoms with Gasteiger partial charge in [-0.05, 0) is 12.1 Å². The lowest BCUT2D eigenvalue weighted by atomic mass is 10.4. The van der Waals surface area contributed by atoms with E-state index in [1.54, 1.807) is 6.07 Å². The van der Waals surface area contributed by atoms with E-state index in [0.717, 1.165) is 23.7 Å².